The Morgan fingerprint density at radius 2 is 1.76 bits per heavy atom. The summed E-state index contributed by atoms with van der Waals surface area (Å²) in [6.07, 6.45) is 1.33. The van der Waals surface area contributed by atoms with E-state index in [0.717, 1.165) is 6.08 Å². The molecule has 194 valence electrons. The molecule has 1 atom stereocenters. The molecular formula is C26H25NO8S2. The molecule has 11 heteroatoms. The maximum atomic E-state index is 13.4. The standard InChI is InChI=1S/C26H25NO8S2/c1-2-34-26(29)19-10-8-18(9-11-19)23-13-12-21(35-23)16-24(37(32,33)22-6-4-3-5-7-22)25(28)27-20-14-15-36(30,31)17-20/h3-13,16,20H,2,14-15,17H2,1H3,(H,27,28)/b24-16+. The fraction of sp³-hybridized carbons (Fsp3) is 0.231. The Balaban J connectivity index is 1.65. The molecule has 1 saturated heterocycles. The summed E-state index contributed by atoms with van der Waals surface area (Å²) < 4.78 is 61.1. The molecule has 4 rings (SSSR count). The van der Waals surface area contributed by atoms with E-state index in [9.17, 15) is 26.4 Å². The molecule has 1 aliphatic heterocycles. The van der Waals surface area contributed by atoms with Crippen LogP contribution in [0.15, 0.2) is 80.9 Å². The Hall–Kier alpha value is -3.70. The molecule has 1 amide bonds. The second kappa shape index (κ2) is 10.7. The van der Waals surface area contributed by atoms with Crippen molar-refractivity contribution in [2.45, 2.75) is 24.3 Å². The third-order valence-electron chi connectivity index (χ3n) is 5.72. The Morgan fingerprint density at radius 1 is 1.05 bits per heavy atom. The smallest absolute Gasteiger partial charge is 0.338 e. The van der Waals surface area contributed by atoms with Crippen molar-refractivity contribution in [1.82, 2.24) is 5.32 Å². The first kappa shape index (κ1) is 26.4. The number of benzene rings is 2. The largest absolute Gasteiger partial charge is 0.462 e. The van der Waals surface area contributed by atoms with Crippen molar-refractivity contribution in [2.75, 3.05) is 18.1 Å². The molecular weight excluding hydrogens is 518 g/mol. The Labute approximate surface area is 215 Å². The second-order valence-corrected chi connectivity index (χ2v) is 12.5. The van der Waals surface area contributed by atoms with Crippen LogP contribution < -0.4 is 5.32 Å². The van der Waals surface area contributed by atoms with Crippen LogP contribution in [-0.4, -0.2) is 52.9 Å². The second-order valence-electron chi connectivity index (χ2n) is 8.40. The number of amides is 1. The summed E-state index contributed by atoms with van der Waals surface area (Å²) in [7, 11) is -7.54. The number of rotatable bonds is 8. The predicted octanol–water partition coefficient (Wildman–Crippen LogP) is 3.24. The highest BCUT2D eigenvalue weighted by atomic mass is 32.2. The van der Waals surface area contributed by atoms with E-state index in [1.54, 1.807) is 43.3 Å². The molecule has 0 saturated carbocycles. The highest BCUT2D eigenvalue weighted by Crippen LogP contribution is 2.27. The lowest BCUT2D eigenvalue weighted by molar-refractivity contribution is -0.117. The summed E-state index contributed by atoms with van der Waals surface area (Å²) in [5.74, 6) is -1.19. The van der Waals surface area contributed by atoms with Gasteiger partial charge in [0.2, 0.25) is 9.84 Å². The Morgan fingerprint density at radius 3 is 2.38 bits per heavy atom. The van der Waals surface area contributed by atoms with Crippen molar-refractivity contribution in [2.24, 2.45) is 0 Å². The number of carbonyl (C=O) groups excluding carboxylic acids is 2. The summed E-state index contributed by atoms with van der Waals surface area (Å²) in [4.78, 5) is 24.3. The average Bonchev–Trinajstić information content (AvgIpc) is 3.48. The van der Waals surface area contributed by atoms with Crippen LogP contribution in [-0.2, 0) is 29.2 Å². The summed E-state index contributed by atoms with van der Waals surface area (Å²) in [5, 5.41) is 2.55. The molecule has 1 aromatic heterocycles. The number of furan rings is 1. The first-order valence-electron chi connectivity index (χ1n) is 11.5. The minimum Gasteiger partial charge on any atom is -0.462 e. The van der Waals surface area contributed by atoms with E-state index in [2.05, 4.69) is 5.32 Å². The molecule has 0 spiro atoms. The fourth-order valence-electron chi connectivity index (χ4n) is 3.86. The van der Waals surface area contributed by atoms with Gasteiger partial charge in [0, 0.05) is 17.7 Å². The highest BCUT2D eigenvalue weighted by molar-refractivity contribution is 7.96. The lowest BCUT2D eigenvalue weighted by Crippen LogP contribution is -2.38. The van der Waals surface area contributed by atoms with Crippen molar-refractivity contribution in [3.05, 3.63) is 83.0 Å². The van der Waals surface area contributed by atoms with Crippen LogP contribution in [0.1, 0.15) is 29.5 Å². The third kappa shape index (κ3) is 6.17. The van der Waals surface area contributed by atoms with Gasteiger partial charge in [-0.15, -0.1) is 0 Å². The van der Waals surface area contributed by atoms with Crippen LogP contribution in [0.4, 0.5) is 0 Å². The van der Waals surface area contributed by atoms with Gasteiger partial charge in [0.05, 0.1) is 28.6 Å². The van der Waals surface area contributed by atoms with Crippen molar-refractivity contribution in [3.63, 3.8) is 0 Å². The number of hydrogen-bond acceptors (Lipinski definition) is 8. The zero-order valence-corrected chi connectivity index (χ0v) is 21.5. The van der Waals surface area contributed by atoms with Crippen LogP contribution in [0.3, 0.4) is 0 Å². The molecule has 1 fully saturated rings. The maximum Gasteiger partial charge on any atom is 0.338 e. The quantitative estimate of drug-likeness (QED) is 0.338. The van der Waals surface area contributed by atoms with Gasteiger partial charge in [-0.2, -0.15) is 0 Å². The van der Waals surface area contributed by atoms with E-state index in [4.69, 9.17) is 9.15 Å². The van der Waals surface area contributed by atoms with Crippen LogP contribution in [0.2, 0.25) is 0 Å². The number of esters is 1. The SMILES string of the molecule is CCOC(=O)c1ccc(-c2ccc(/C=C(\C(=O)NC3CCS(=O)(=O)C3)S(=O)(=O)c3ccccc3)o2)cc1. The van der Waals surface area contributed by atoms with Gasteiger partial charge in [-0.3, -0.25) is 4.79 Å². The Bertz CT molecular complexity index is 1540. The predicted molar refractivity (Wildman–Crippen MR) is 137 cm³/mol. The summed E-state index contributed by atoms with van der Waals surface area (Å²) in [6.45, 7) is 1.97. The van der Waals surface area contributed by atoms with Crippen LogP contribution >= 0.6 is 0 Å². The lowest BCUT2D eigenvalue weighted by atomic mass is 10.1. The van der Waals surface area contributed by atoms with Crippen molar-refractivity contribution in [3.8, 4) is 11.3 Å². The number of sulfone groups is 2. The average molecular weight is 544 g/mol. The molecule has 3 aromatic rings. The van der Waals surface area contributed by atoms with Crippen LogP contribution in [0, 0.1) is 0 Å². The van der Waals surface area contributed by atoms with Gasteiger partial charge in [-0.25, -0.2) is 21.6 Å². The van der Waals surface area contributed by atoms with E-state index >= 15 is 0 Å². The molecule has 0 bridgehead atoms. The minimum atomic E-state index is -4.26. The molecule has 0 radical (unpaired) electrons. The van der Waals surface area contributed by atoms with E-state index in [1.807, 2.05) is 0 Å². The Kier molecular flexibility index (Phi) is 7.65. The van der Waals surface area contributed by atoms with E-state index in [-0.39, 0.29) is 35.2 Å². The van der Waals surface area contributed by atoms with Gasteiger partial charge < -0.3 is 14.5 Å². The van der Waals surface area contributed by atoms with Gasteiger partial charge in [0.15, 0.2) is 9.84 Å². The lowest BCUT2D eigenvalue weighted by Gasteiger charge is -2.14. The molecule has 37 heavy (non-hydrogen) atoms. The number of nitrogens with one attached hydrogen (secondary N) is 1. The highest BCUT2D eigenvalue weighted by Gasteiger charge is 2.33. The minimum absolute atomic E-state index is 0.0705. The van der Waals surface area contributed by atoms with E-state index < -0.39 is 42.5 Å². The maximum absolute atomic E-state index is 13.4. The summed E-state index contributed by atoms with van der Waals surface area (Å²) in [5.41, 5.74) is 1.000. The normalized spacial score (nSPS) is 17.3. The van der Waals surface area contributed by atoms with Crippen molar-refractivity contribution >= 4 is 37.6 Å². The molecule has 9 nitrogen and oxygen atoms in total. The number of carbonyl (C=O) groups is 2. The van der Waals surface area contributed by atoms with E-state index in [0.29, 0.717) is 16.9 Å². The number of ether oxygens (including phenoxy) is 1. The first-order valence-corrected chi connectivity index (χ1v) is 14.8. The zero-order chi connectivity index (χ0) is 26.6. The van der Waals surface area contributed by atoms with Gasteiger partial charge in [0.1, 0.15) is 16.4 Å². The number of hydrogen-bond donors (Lipinski definition) is 1. The summed E-state index contributed by atoms with van der Waals surface area (Å²) in [6, 6.07) is 16.4. The van der Waals surface area contributed by atoms with Crippen LogP contribution in [0.25, 0.3) is 17.4 Å². The van der Waals surface area contributed by atoms with Crippen molar-refractivity contribution < 1.29 is 35.6 Å². The summed E-state index contributed by atoms with van der Waals surface area (Å²) >= 11 is 0. The monoisotopic (exact) mass is 543 g/mol. The first-order chi connectivity index (χ1) is 17.6. The zero-order valence-electron chi connectivity index (χ0n) is 19.9. The van der Waals surface area contributed by atoms with Crippen molar-refractivity contribution in [1.29, 1.82) is 0 Å². The topological polar surface area (TPSA) is 137 Å². The molecule has 0 aliphatic carbocycles. The van der Waals surface area contributed by atoms with Gasteiger partial charge in [0.25, 0.3) is 5.91 Å². The van der Waals surface area contributed by atoms with E-state index in [1.165, 1.54) is 30.3 Å². The third-order valence-corrected chi connectivity index (χ3v) is 9.26. The van der Waals surface area contributed by atoms with Crippen LogP contribution in [0.5, 0.6) is 0 Å². The molecule has 2 heterocycles. The fourth-order valence-corrected chi connectivity index (χ4v) is 6.87. The van der Waals surface area contributed by atoms with Gasteiger partial charge in [-0.1, -0.05) is 30.3 Å². The molecule has 2 aromatic carbocycles. The van der Waals surface area contributed by atoms with Gasteiger partial charge in [-0.05, 0) is 49.7 Å². The molecule has 1 unspecified atom stereocenters. The molecule has 1 aliphatic rings. The van der Waals surface area contributed by atoms with Gasteiger partial charge >= 0.3 is 5.97 Å². The molecule has 1 N–H and O–H groups in total.